The van der Waals surface area contributed by atoms with E-state index in [1.807, 2.05) is 23.1 Å². The Morgan fingerprint density at radius 2 is 2.05 bits per heavy atom. The molecule has 20 heavy (non-hydrogen) atoms. The minimum Gasteiger partial charge on any atom is -0.316 e. The Bertz CT molecular complexity index is 539. The van der Waals surface area contributed by atoms with Crippen molar-refractivity contribution in [2.24, 2.45) is 0 Å². The molecule has 0 aliphatic carbocycles. The van der Waals surface area contributed by atoms with E-state index in [0.29, 0.717) is 6.04 Å². The number of likely N-dealkylation sites (N-methyl/N-ethyl adjacent to an activating group) is 1. The van der Waals surface area contributed by atoms with Crippen LogP contribution in [0.1, 0.15) is 16.7 Å². The smallest absolute Gasteiger partial charge is 0.0206 e. The quantitative estimate of drug-likeness (QED) is 0.689. The number of thioether (sulfide) groups is 1. The number of nitrogens with one attached hydrogen (secondary N) is 1. The second-order valence-corrected chi connectivity index (χ2v) is 7.94. The van der Waals surface area contributed by atoms with Gasteiger partial charge < -0.3 is 5.32 Å². The van der Waals surface area contributed by atoms with Crippen LogP contribution in [0.3, 0.4) is 0 Å². The van der Waals surface area contributed by atoms with Gasteiger partial charge in [0.1, 0.15) is 0 Å². The van der Waals surface area contributed by atoms with E-state index < -0.39 is 0 Å². The molecule has 2 rings (SSSR count). The minimum absolute atomic E-state index is 0.516. The molecule has 0 radical (unpaired) electrons. The molecule has 1 atom stereocenters. The van der Waals surface area contributed by atoms with Gasteiger partial charge in [-0.1, -0.05) is 28.9 Å². The highest BCUT2D eigenvalue weighted by Crippen LogP contribution is 2.24. The highest BCUT2D eigenvalue weighted by molar-refractivity contribution is 9.10. The predicted octanol–water partition coefficient (Wildman–Crippen LogP) is 5.00. The molecule has 108 valence electrons. The van der Waals surface area contributed by atoms with Gasteiger partial charge in [-0.05, 0) is 50.2 Å². The lowest BCUT2D eigenvalue weighted by Crippen LogP contribution is -2.29. The summed E-state index contributed by atoms with van der Waals surface area (Å²) in [6.45, 7) is 2.22. The molecule has 0 saturated heterocycles. The zero-order valence-corrected chi connectivity index (χ0v) is 15.1. The molecule has 0 bridgehead atoms. The average Bonchev–Trinajstić information content (AvgIpc) is 2.91. The van der Waals surface area contributed by atoms with Gasteiger partial charge in [0.25, 0.3) is 0 Å². The summed E-state index contributed by atoms with van der Waals surface area (Å²) >= 11 is 7.38. The number of aryl methyl sites for hydroxylation is 1. The van der Waals surface area contributed by atoms with Gasteiger partial charge in [0.15, 0.2) is 0 Å². The first kappa shape index (κ1) is 16.1. The summed E-state index contributed by atoms with van der Waals surface area (Å²) in [6, 6.07) is 13.6. The van der Waals surface area contributed by atoms with Crippen molar-refractivity contribution in [2.75, 3.05) is 12.8 Å². The fourth-order valence-electron chi connectivity index (χ4n) is 1.96. The molecule has 0 aliphatic heterocycles. The van der Waals surface area contributed by atoms with E-state index in [0.717, 1.165) is 23.1 Å². The van der Waals surface area contributed by atoms with Gasteiger partial charge in [0, 0.05) is 30.9 Å². The van der Waals surface area contributed by atoms with Crippen LogP contribution in [0.2, 0.25) is 0 Å². The highest BCUT2D eigenvalue weighted by atomic mass is 79.9. The summed E-state index contributed by atoms with van der Waals surface area (Å²) < 4.78 is 1.15. The van der Waals surface area contributed by atoms with E-state index >= 15 is 0 Å². The van der Waals surface area contributed by atoms with Gasteiger partial charge in [-0.3, -0.25) is 0 Å². The Morgan fingerprint density at radius 3 is 2.70 bits per heavy atom. The summed E-state index contributed by atoms with van der Waals surface area (Å²) in [7, 11) is 2.06. The summed E-state index contributed by atoms with van der Waals surface area (Å²) in [6.07, 6.45) is 2.25. The van der Waals surface area contributed by atoms with Crippen LogP contribution in [0.15, 0.2) is 45.8 Å². The summed E-state index contributed by atoms with van der Waals surface area (Å²) in [5, 5.41) is 3.44. The third-order valence-electron chi connectivity index (χ3n) is 3.17. The average molecular weight is 370 g/mol. The number of rotatable bonds is 7. The van der Waals surface area contributed by atoms with E-state index in [-0.39, 0.29) is 0 Å². The normalized spacial score (nSPS) is 12.6. The van der Waals surface area contributed by atoms with E-state index in [4.69, 9.17) is 0 Å². The number of hydrogen-bond acceptors (Lipinski definition) is 3. The maximum atomic E-state index is 3.52. The van der Waals surface area contributed by atoms with Crippen molar-refractivity contribution in [3.05, 3.63) is 50.6 Å². The molecular formula is C16H20BrNS2. The second kappa shape index (κ2) is 8.23. The molecule has 0 saturated carbocycles. The van der Waals surface area contributed by atoms with Crippen molar-refractivity contribution < 1.29 is 0 Å². The zero-order chi connectivity index (χ0) is 14.4. The molecule has 2 aromatic rings. The van der Waals surface area contributed by atoms with Crippen LogP contribution in [0.25, 0.3) is 0 Å². The monoisotopic (exact) mass is 369 g/mol. The molecule has 1 nitrogen and oxygen atoms in total. The van der Waals surface area contributed by atoms with Crippen LogP contribution < -0.4 is 5.32 Å². The van der Waals surface area contributed by atoms with Crippen molar-refractivity contribution in [2.45, 2.75) is 30.7 Å². The van der Waals surface area contributed by atoms with Gasteiger partial charge in [0.05, 0.1) is 0 Å². The number of thiophene rings is 1. The first-order chi connectivity index (χ1) is 9.71. The molecule has 1 unspecified atom stereocenters. The standard InChI is InChI=1S/C16H20BrNS2/c1-3-14-7-8-16(20-14)10-13(18-2)11-19-15-6-4-5-12(17)9-15/h4-9,13,18H,3,10-11H2,1-2H3. The number of hydrogen-bond donors (Lipinski definition) is 1. The molecule has 1 aromatic heterocycles. The van der Waals surface area contributed by atoms with Crippen LogP contribution in [0.4, 0.5) is 0 Å². The van der Waals surface area contributed by atoms with E-state index in [2.05, 4.69) is 71.6 Å². The largest absolute Gasteiger partial charge is 0.316 e. The van der Waals surface area contributed by atoms with Crippen LogP contribution in [-0.2, 0) is 12.8 Å². The Morgan fingerprint density at radius 1 is 1.25 bits per heavy atom. The summed E-state index contributed by atoms with van der Waals surface area (Å²) in [5.41, 5.74) is 0. The number of benzene rings is 1. The molecule has 1 aromatic carbocycles. The van der Waals surface area contributed by atoms with Gasteiger partial charge in [-0.25, -0.2) is 0 Å². The lowest BCUT2D eigenvalue weighted by atomic mass is 10.2. The van der Waals surface area contributed by atoms with Crippen LogP contribution in [0.5, 0.6) is 0 Å². The SMILES string of the molecule is CCc1ccc(CC(CSc2cccc(Br)c2)NC)s1. The van der Waals surface area contributed by atoms with Crippen molar-refractivity contribution in [3.8, 4) is 0 Å². The number of halogens is 1. The van der Waals surface area contributed by atoms with Crippen LogP contribution >= 0.6 is 39.0 Å². The van der Waals surface area contributed by atoms with E-state index in [1.54, 1.807) is 0 Å². The summed E-state index contributed by atoms with van der Waals surface area (Å²) in [5.74, 6) is 1.09. The van der Waals surface area contributed by atoms with Gasteiger partial charge in [-0.15, -0.1) is 23.1 Å². The van der Waals surface area contributed by atoms with Crippen molar-refractivity contribution in [3.63, 3.8) is 0 Å². The third kappa shape index (κ3) is 4.92. The Hall–Kier alpha value is -0.290. The molecule has 1 N–H and O–H groups in total. The van der Waals surface area contributed by atoms with E-state index in [1.165, 1.54) is 14.6 Å². The van der Waals surface area contributed by atoms with Crippen LogP contribution in [0, 0.1) is 0 Å². The molecule has 0 spiro atoms. The Labute approximate surface area is 138 Å². The molecule has 0 aliphatic rings. The Kier molecular flexibility index (Phi) is 6.62. The summed E-state index contributed by atoms with van der Waals surface area (Å²) in [4.78, 5) is 4.28. The second-order valence-electron chi connectivity index (χ2n) is 4.68. The van der Waals surface area contributed by atoms with E-state index in [9.17, 15) is 0 Å². The van der Waals surface area contributed by atoms with Crippen molar-refractivity contribution in [1.29, 1.82) is 0 Å². The first-order valence-corrected chi connectivity index (χ1v) is 9.44. The van der Waals surface area contributed by atoms with Crippen LogP contribution in [-0.4, -0.2) is 18.8 Å². The lowest BCUT2D eigenvalue weighted by Gasteiger charge is -2.15. The third-order valence-corrected chi connectivity index (χ3v) is 6.07. The lowest BCUT2D eigenvalue weighted by molar-refractivity contribution is 0.622. The van der Waals surface area contributed by atoms with Gasteiger partial charge in [-0.2, -0.15) is 0 Å². The molecule has 1 heterocycles. The predicted molar refractivity (Wildman–Crippen MR) is 95.1 cm³/mol. The van der Waals surface area contributed by atoms with Gasteiger partial charge >= 0.3 is 0 Å². The first-order valence-electron chi connectivity index (χ1n) is 6.84. The van der Waals surface area contributed by atoms with Crippen molar-refractivity contribution in [1.82, 2.24) is 5.32 Å². The molecule has 4 heteroatoms. The fraction of sp³-hybridized carbons (Fsp3) is 0.375. The maximum Gasteiger partial charge on any atom is 0.0206 e. The Balaban J connectivity index is 1.89. The van der Waals surface area contributed by atoms with Gasteiger partial charge in [0.2, 0.25) is 0 Å². The molecule has 0 amide bonds. The topological polar surface area (TPSA) is 12.0 Å². The fourth-order valence-corrected chi connectivity index (χ4v) is 4.61. The molecular weight excluding hydrogens is 350 g/mol. The zero-order valence-electron chi connectivity index (χ0n) is 11.9. The minimum atomic E-state index is 0.516. The highest BCUT2D eigenvalue weighted by Gasteiger charge is 2.10. The maximum absolute atomic E-state index is 3.52. The van der Waals surface area contributed by atoms with Crippen molar-refractivity contribution >= 4 is 39.0 Å². The molecule has 0 fully saturated rings.